The third-order valence-electron chi connectivity index (χ3n) is 2.56. The Morgan fingerprint density at radius 2 is 1.00 bits per heavy atom. The fourth-order valence-corrected chi connectivity index (χ4v) is 5.27. The monoisotopic (exact) mass is 296 g/mol. The zero-order valence-electron chi connectivity index (χ0n) is 8.98. The fraction of sp³-hybridized carbons (Fsp3) is 0.0769. The minimum absolute atomic E-state index is 0.269. The first-order valence-corrected chi connectivity index (χ1v) is 8.83. The summed E-state index contributed by atoms with van der Waals surface area (Å²) in [6.45, 7) is 0. The minimum atomic E-state index is -0.269. The Hall–Kier alpha value is -0.160. The van der Waals surface area contributed by atoms with E-state index in [0.717, 1.165) is 0 Å². The topological polar surface area (TPSA) is 0 Å². The van der Waals surface area contributed by atoms with Gasteiger partial charge in [-0.25, -0.2) is 0 Å². The molecule has 0 N–H and O–H groups in total. The van der Waals surface area contributed by atoms with Crippen molar-refractivity contribution in [2.45, 2.75) is 4.08 Å². The first kappa shape index (κ1) is 13.3. The van der Waals surface area contributed by atoms with Crippen LogP contribution in [0.2, 0.25) is 0 Å². The lowest BCUT2D eigenvalue weighted by Gasteiger charge is -2.29. The summed E-state index contributed by atoms with van der Waals surface area (Å²) >= 11 is 8.90. The van der Waals surface area contributed by atoms with Crippen LogP contribution >= 0.6 is 44.9 Å². The highest BCUT2D eigenvalue weighted by atomic mass is 33.1. The smallest absolute Gasteiger partial charge is 0.109 e. The second-order valence-corrected chi connectivity index (χ2v) is 6.47. The molecule has 0 atom stereocenters. The van der Waals surface area contributed by atoms with Crippen LogP contribution in [0.25, 0.3) is 0 Å². The Bertz CT molecular complexity index is 410. The van der Waals surface area contributed by atoms with Crippen molar-refractivity contribution in [3.8, 4) is 0 Å². The van der Waals surface area contributed by atoms with Gasteiger partial charge in [0.1, 0.15) is 4.08 Å². The van der Waals surface area contributed by atoms with Crippen molar-refractivity contribution in [2.24, 2.45) is 0 Å². The summed E-state index contributed by atoms with van der Waals surface area (Å²) in [6.07, 6.45) is 0. The van der Waals surface area contributed by atoms with Crippen molar-refractivity contribution in [3.05, 3.63) is 71.8 Å². The van der Waals surface area contributed by atoms with Crippen molar-refractivity contribution in [1.29, 1.82) is 0 Å². The van der Waals surface area contributed by atoms with Crippen LogP contribution in [-0.4, -0.2) is 0 Å². The molecule has 4 heteroatoms. The summed E-state index contributed by atoms with van der Waals surface area (Å²) < 4.78 is -0.269. The Labute approximate surface area is 120 Å². The first-order valence-electron chi connectivity index (χ1n) is 5.09. The Balaban J connectivity index is 2.54. The molecular formula is C13H12S4. The largest absolute Gasteiger partial charge is 0.131 e. The molecule has 0 bridgehead atoms. The van der Waals surface area contributed by atoms with E-state index in [0.29, 0.717) is 0 Å². The van der Waals surface area contributed by atoms with Gasteiger partial charge >= 0.3 is 0 Å². The van der Waals surface area contributed by atoms with E-state index in [1.165, 1.54) is 32.7 Å². The first-order chi connectivity index (χ1) is 8.33. The SMILES string of the molecule is SSC(SS)(c1ccccc1)c1ccccc1. The number of rotatable bonds is 4. The summed E-state index contributed by atoms with van der Waals surface area (Å²) in [5.74, 6) is 0. The summed E-state index contributed by atoms with van der Waals surface area (Å²) in [5.41, 5.74) is 2.40. The van der Waals surface area contributed by atoms with Crippen molar-refractivity contribution >= 4 is 44.9 Å². The lowest BCUT2D eigenvalue weighted by molar-refractivity contribution is 1.09. The normalized spacial score (nSPS) is 11.4. The summed E-state index contributed by atoms with van der Waals surface area (Å²) in [5, 5.41) is 0. The predicted molar refractivity (Wildman–Crippen MR) is 86.8 cm³/mol. The quantitative estimate of drug-likeness (QED) is 0.460. The average molecular weight is 297 g/mol. The fourth-order valence-electron chi connectivity index (χ4n) is 1.71. The third kappa shape index (κ3) is 2.65. The van der Waals surface area contributed by atoms with E-state index in [1.54, 1.807) is 0 Å². The maximum absolute atomic E-state index is 4.45. The van der Waals surface area contributed by atoms with Crippen molar-refractivity contribution < 1.29 is 0 Å². The van der Waals surface area contributed by atoms with Gasteiger partial charge in [-0.05, 0) is 11.1 Å². The molecular weight excluding hydrogens is 284 g/mol. The number of hydrogen-bond donors (Lipinski definition) is 2. The molecule has 17 heavy (non-hydrogen) atoms. The van der Waals surface area contributed by atoms with Crippen molar-refractivity contribution in [1.82, 2.24) is 0 Å². The third-order valence-corrected chi connectivity index (χ3v) is 6.91. The maximum atomic E-state index is 4.45. The molecule has 0 saturated carbocycles. The lowest BCUT2D eigenvalue weighted by atomic mass is 10.0. The highest BCUT2D eigenvalue weighted by Crippen LogP contribution is 2.54. The number of benzene rings is 2. The molecule has 2 aromatic carbocycles. The molecule has 0 fully saturated rings. The van der Waals surface area contributed by atoms with Crippen LogP contribution in [0.4, 0.5) is 0 Å². The van der Waals surface area contributed by atoms with Gasteiger partial charge in [-0.1, -0.05) is 82.3 Å². The molecule has 0 aliphatic heterocycles. The zero-order valence-corrected chi connectivity index (χ0v) is 12.4. The number of thiol groups is 2. The van der Waals surface area contributed by atoms with E-state index in [1.807, 2.05) is 36.4 Å². The van der Waals surface area contributed by atoms with Gasteiger partial charge in [-0.2, -0.15) is 0 Å². The van der Waals surface area contributed by atoms with Crippen LogP contribution in [-0.2, 0) is 4.08 Å². The Morgan fingerprint density at radius 3 is 1.29 bits per heavy atom. The van der Waals surface area contributed by atoms with E-state index in [4.69, 9.17) is 0 Å². The molecule has 0 amide bonds. The summed E-state index contributed by atoms with van der Waals surface area (Å²) in [7, 11) is 3.01. The van der Waals surface area contributed by atoms with E-state index in [2.05, 4.69) is 47.6 Å². The van der Waals surface area contributed by atoms with Crippen LogP contribution in [0.15, 0.2) is 60.7 Å². The van der Waals surface area contributed by atoms with Gasteiger partial charge in [0.05, 0.1) is 0 Å². The van der Waals surface area contributed by atoms with Crippen LogP contribution in [0.3, 0.4) is 0 Å². The second-order valence-electron chi connectivity index (χ2n) is 3.53. The molecule has 0 nitrogen and oxygen atoms in total. The highest BCUT2D eigenvalue weighted by Gasteiger charge is 2.33. The molecule has 0 saturated heterocycles. The van der Waals surface area contributed by atoms with Gasteiger partial charge in [0.2, 0.25) is 0 Å². The zero-order chi connectivity index (χ0) is 12.1. The van der Waals surface area contributed by atoms with Gasteiger partial charge in [0, 0.05) is 0 Å². The molecule has 0 aliphatic rings. The highest BCUT2D eigenvalue weighted by molar-refractivity contribution is 8.78. The van der Waals surface area contributed by atoms with Gasteiger partial charge in [0.25, 0.3) is 0 Å². The maximum Gasteiger partial charge on any atom is 0.131 e. The molecule has 0 aromatic heterocycles. The summed E-state index contributed by atoms with van der Waals surface area (Å²) in [6, 6.07) is 20.7. The van der Waals surface area contributed by atoms with Gasteiger partial charge in [-0.3, -0.25) is 0 Å². The van der Waals surface area contributed by atoms with Crippen LogP contribution in [0.5, 0.6) is 0 Å². The van der Waals surface area contributed by atoms with Crippen LogP contribution < -0.4 is 0 Å². The molecule has 2 aromatic rings. The van der Waals surface area contributed by atoms with E-state index >= 15 is 0 Å². The molecule has 0 spiro atoms. The van der Waals surface area contributed by atoms with Gasteiger partial charge in [0.15, 0.2) is 0 Å². The van der Waals surface area contributed by atoms with Crippen molar-refractivity contribution in [2.75, 3.05) is 0 Å². The molecule has 88 valence electrons. The summed E-state index contributed by atoms with van der Waals surface area (Å²) in [4.78, 5) is 0. The molecule has 2 rings (SSSR count). The predicted octanol–water partition coefficient (Wildman–Crippen LogP) is 5.04. The van der Waals surface area contributed by atoms with Crippen molar-refractivity contribution in [3.63, 3.8) is 0 Å². The molecule has 0 radical (unpaired) electrons. The second kappa shape index (κ2) is 6.14. The van der Waals surface area contributed by atoms with Gasteiger partial charge in [-0.15, -0.1) is 23.3 Å². The van der Waals surface area contributed by atoms with Crippen LogP contribution in [0, 0.1) is 0 Å². The lowest BCUT2D eigenvalue weighted by Crippen LogP contribution is -2.16. The molecule has 0 unspecified atom stereocenters. The van der Waals surface area contributed by atoms with E-state index in [-0.39, 0.29) is 4.08 Å². The van der Waals surface area contributed by atoms with E-state index < -0.39 is 0 Å². The van der Waals surface area contributed by atoms with Gasteiger partial charge < -0.3 is 0 Å². The van der Waals surface area contributed by atoms with E-state index in [9.17, 15) is 0 Å². The minimum Gasteiger partial charge on any atom is -0.109 e. The Kier molecular flexibility index (Phi) is 4.79. The van der Waals surface area contributed by atoms with Crippen LogP contribution in [0.1, 0.15) is 11.1 Å². The molecule has 0 heterocycles. The number of hydrogen-bond acceptors (Lipinski definition) is 4. The Morgan fingerprint density at radius 1 is 0.647 bits per heavy atom. The standard InChI is InChI=1S/C13H12S4/c14-16-13(17-15,11-7-3-1-4-8-11)12-9-5-2-6-10-12/h1-10,14-15H. The average Bonchev–Trinajstić information content (AvgIpc) is 2.43. The molecule has 0 aliphatic carbocycles.